The Morgan fingerprint density at radius 3 is 2.33 bits per heavy atom. The number of hydrogen-bond acceptors (Lipinski definition) is 5. The van der Waals surface area contributed by atoms with Gasteiger partial charge in [-0.3, -0.25) is 4.57 Å². The molecule has 0 N–H and O–H groups in total. The van der Waals surface area contributed by atoms with Crippen LogP contribution in [0.4, 0.5) is 5.95 Å². The van der Waals surface area contributed by atoms with E-state index in [1.165, 1.54) is 22.3 Å². The molecule has 130 valence electrons. The standard InChI is InChI=1S/C18H26N4OS/c1-12-10-13(2)16(14(3)11-12)15(4)24-18-20-19-17(21(18)5)22-6-8-23-9-7-22/h10-11,15H,6-9H2,1-5H3. The van der Waals surface area contributed by atoms with E-state index >= 15 is 0 Å². The first-order chi connectivity index (χ1) is 11.5. The molecule has 0 saturated carbocycles. The van der Waals surface area contributed by atoms with E-state index in [2.05, 4.69) is 66.5 Å². The van der Waals surface area contributed by atoms with Crippen LogP contribution in [0, 0.1) is 20.8 Å². The van der Waals surface area contributed by atoms with E-state index in [9.17, 15) is 0 Å². The highest BCUT2D eigenvalue weighted by atomic mass is 32.2. The number of rotatable bonds is 4. The summed E-state index contributed by atoms with van der Waals surface area (Å²) in [6.07, 6.45) is 0. The number of hydrogen-bond donors (Lipinski definition) is 0. The molecule has 0 bridgehead atoms. The normalized spacial score (nSPS) is 16.5. The molecular weight excluding hydrogens is 320 g/mol. The minimum atomic E-state index is 0.339. The highest BCUT2D eigenvalue weighted by molar-refractivity contribution is 7.99. The molecule has 1 fully saturated rings. The predicted octanol–water partition coefficient (Wildman–Crippen LogP) is 3.43. The molecule has 1 aromatic carbocycles. The molecule has 1 aromatic heterocycles. The monoisotopic (exact) mass is 346 g/mol. The average molecular weight is 347 g/mol. The van der Waals surface area contributed by atoms with Crippen LogP contribution in [0.2, 0.25) is 0 Å². The van der Waals surface area contributed by atoms with E-state index in [1.54, 1.807) is 11.8 Å². The van der Waals surface area contributed by atoms with E-state index in [1.807, 2.05) is 0 Å². The Morgan fingerprint density at radius 2 is 1.71 bits per heavy atom. The Morgan fingerprint density at radius 1 is 1.08 bits per heavy atom. The zero-order valence-corrected chi connectivity index (χ0v) is 16.0. The SMILES string of the molecule is Cc1cc(C)c(C(C)Sc2nnc(N3CCOCC3)n2C)c(C)c1. The van der Waals surface area contributed by atoms with Gasteiger partial charge in [0.25, 0.3) is 0 Å². The van der Waals surface area contributed by atoms with Crippen molar-refractivity contribution in [2.24, 2.45) is 7.05 Å². The van der Waals surface area contributed by atoms with Crippen LogP contribution in [0.25, 0.3) is 0 Å². The number of aromatic nitrogens is 3. The van der Waals surface area contributed by atoms with Crippen LogP contribution in [-0.4, -0.2) is 41.1 Å². The second-order valence-corrected chi connectivity index (χ2v) is 7.82. The summed E-state index contributed by atoms with van der Waals surface area (Å²) in [6, 6.07) is 4.52. The highest BCUT2D eigenvalue weighted by Gasteiger charge is 2.21. The first-order valence-electron chi connectivity index (χ1n) is 8.44. The Labute approximate surface area is 148 Å². The molecule has 0 spiro atoms. The summed E-state index contributed by atoms with van der Waals surface area (Å²) in [5, 5.41) is 10.1. The van der Waals surface area contributed by atoms with E-state index in [0.717, 1.165) is 37.4 Å². The zero-order chi connectivity index (χ0) is 17.3. The van der Waals surface area contributed by atoms with Crippen LogP contribution in [0.15, 0.2) is 17.3 Å². The van der Waals surface area contributed by atoms with Crippen LogP contribution < -0.4 is 4.90 Å². The fourth-order valence-electron chi connectivity index (χ4n) is 3.50. The van der Waals surface area contributed by atoms with Crippen LogP contribution in [0.3, 0.4) is 0 Å². The average Bonchev–Trinajstić information content (AvgIpc) is 2.88. The number of nitrogens with zero attached hydrogens (tertiary/aromatic N) is 4. The molecule has 2 heterocycles. The van der Waals surface area contributed by atoms with Gasteiger partial charge in [0.2, 0.25) is 5.95 Å². The lowest BCUT2D eigenvalue weighted by molar-refractivity contribution is 0.121. The maximum absolute atomic E-state index is 5.42. The lowest BCUT2D eigenvalue weighted by Crippen LogP contribution is -2.37. The van der Waals surface area contributed by atoms with Gasteiger partial charge in [-0.25, -0.2) is 0 Å². The summed E-state index contributed by atoms with van der Waals surface area (Å²) in [5.41, 5.74) is 5.42. The lowest BCUT2D eigenvalue weighted by Gasteiger charge is -2.27. The quantitative estimate of drug-likeness (QED) is 0.794. The molecule has 2 aromatic rings. The van der Waals surface area contributed by atoms with Crippen molar-refractivity contribution in [3.63, 3.8) is 0 Å². The Hall–Kier alpha value is -1.53. The Balaban J connectivity index is 1.80. The molecule has 1 atom stereocenters. The fourth-order valence-corrected chi connectivity index (χ4v) is 4.63. The van der Waals surface area contributed by atoms with Crippen molar-refractivity contribution < 1.29 is 4.74 Å². The summed E-state index contributed by atoms with van der Waals surface area (Å²) in [6.45, 7) is 12.1. The maximum Gasteiger partial charge on any atom is 0.227 e. The molecule has 0 aliphatic carbocycles. The van der Waals surface area contributed by atoms with E-state index in [4.69, 9.17) is 4.74 Å². The summed E-state index contributed by atoms with van der Waals surface area (Å²) < 4.78 is 7.52. The zero-order valence-electron chi connectivity index (χ0n) is 15.2. The van der Waals surface area contributed by atoms with Gasteiger partial charge in [0.15, 0.2) is 5.16 Å². The number of thioether (sulfide) groups is 1. The molecule has 5 nitrogen and oxygen atoms in total. The van der Waals surface area contributed by atoms with Crippen LogP contribution in [0.5, 0.6) is 0 Å². The molecular formula is C18H26N4OS. The topological polar surface area (TPSA) is 43.2 Å². The molecule has 0 radical (unpaired) electrons. The van der Waals surface area contributed by atoms with Gasteiger partial charge in [-0.1, -0.05) is 29.5 Å². The minimum Gasteiger partial charge on any atom is -0.378 e. The van der Waals surface area contributed by atoms with Gasteiger partial charge in [-0.2, -0.15) is 0 Å². The van der Waals surface area contributed by atoms with Crippen molar-refractivity contribution in [1.82, 2.24) is 14.8 Å². The van der Waals surface area contributed by atoms with Gasteiger partial charge in [-0.05, 0) is 44.4 Å². The smallest absolute Gasteiger partial charge is 0.227 e. The Kier molecular flexibility index (Phi) is 5.15. The summed E-state index contributed by atoms with van der Waals surface area (Å²) in [5.74, 6) is 0.936. The number of ether oxygens (including phenoxy) is 1. The Bertz CT molecular complexity index is 699. The fraction of sp³-hybridized carbons (Fsp3) is 0.556. The van der Waals surface area contributed by atoms with Crippen molar-refractivity contribution in [3.8, 4) is 0 Å². The molecule has 6 heteroatoms. The molecule has 3 rings (SSSR count). The second-order valence-electron chi connectivity index (χ2n) is 6.51. The number of morpholine rings is 1. The third-order valence-corrected chi connectivity index (χ3v) is 5.69. The van der Waals surface area contributed by atoms with Gasteiger partial charge in [0.05, 0.1) is 13.2 Å². The van der Waals surface area contributed by atoms with Crippen LogP contribution in [0.1, 0.15) is 34.4 Å². The van der Waals surface area contributed by atoms with Gasteiger partial charge in [0.1, 0.15) is 0 Å². The molecule has 1 aliphatic rings. The summed E-state index contributed by atoms with van der Waals surface area (Å²) in [7, 11) is 2.05. The molecule has 1 saturated heterocycles. The van der Waals surface area contributed by atoms with Crippen molar-refractivity contribution in [2.45, 2.75) is 38.1 Å². The highest BCUT2D eigenvalue weighted by Crippen LogP contribution is 2.38. The van der Waals surface area contributed by atoms with Gasteiger partial charge < -0.3 is 9.64 Å². The van der Waals surface area contributed by atoms with Crippen molar-refractivity contribution in [2.75, 3.05) is 31.2 Å². The number of benzene rings is 1. The summed E-state index contributed by atoms with van der Waals surface area (Å²) >= 11 is 1.77. The number of anilines is 1. The van der Waals surface area contributed by atoms with Gasteiger partial charge in [0, 0.05) is 25.4 Å². The van der Waals surface area contributed by atoms with E-state index in [-0.39, 0.29) is 0 Å². The van der Waals surface area contributed by atoms with Crippen molar-refractivity contribution in [3.05, 3.63) is 34.4 Å². The van der Waals surface area contributed by atoms with Gasteiger partial charge >= 0.3 is 0 Å². The van der Waals surface area contributed by atoms with E-state index in [0.29, 0.717) is 5.25 Å². The third kappa shape index (κ3) is 3.44. The molecule has 1 aliphatic heterocycles. The van der Waals surface area contributed by atoms with Crippen LogP contribution >= 0.6 is 11.8 Å². The van der Waals surface area contributed by atoms with Gasteiger partial charge in [-0.15, -0.1) is 10.2 Å². The summed E-state index contributed by atoms with van der Waals surface area (Å²) in [4.78, 5) is 2.24. The first-order valence-corrected chi connectivity index (χ1v) is 9.32. The van der Waals surface area contributed by atoms with E-state index < -0.39 is 0 Å². The molecule has 1 unspecified atom stereocenters. The number of aryl methyl sites for hydroxylation is 3. The second kappa shape index (κ2) is 7.15. The largest absolute Gasteiger partial charge is 0.378 e. The third-order valence-electron chi connectivity index (χ3n) is 4.53. The van der Waals surface area contributed by atoms with Crippen molar-refractivity contribution >= 4 is 17.7 Å². The molecule has 0 amide bonds. The predicted molar refractivity (Wildman–Crippen MR) is 99.0 cm³/mol. The maximum atomic E-state index is 5.42. The van der Waals surface area contributed by atoms with Crippen molar-refractivity contribution in [1.29, 1.82) is 0 Å². The van der Waals surface area contributed by atoms with Crippen LogP contribution in [-0.2, 0) is 11.8 Å². The minimum absolute atomic E-state index is 0.339. The lowest BCUT2D eigenvalue weighted by atomic mass is 9.98. The first kappa shape index (κ1) is 17.3. The molecule has 24 heavy (non-hydrogen) atoms.